The van der Waals surface area contributed by atoms with E-state index in [0.29, 0.717) is 22.1 Å². The van der Waals surface area contributed by atoms with E-state index in [1.807, 2.05) is 12.1 Å². The van der Waals surface area contributed by atoms with Crippen LogP contribution in [0.1, 0.15) is 11.1 Å². The number of nitrogens with zero attached hydrogens (tertiary/aromatic N) is 1. The Hall–Kier alpha value is -2.68. The molecular formula is C18H14Cl2N2O3. The molecule has 128 valence electrons. The van der Waals surface area contributed by atoms with Gasteiger partial charge in [0.1, 0.15) is 18.2 Å². The number of amides is 1. The van der Waals surface area contributed by atoms with Crippen LogP contribution in [0.4, 0.5) is 0 Å². The second kappa shape index (κ2) is 8.43. The molecule has 7 heteroatoms. The van der Waals surface area contributed by atoms with Crippen LogP contribution in [0.25, 0.3) is 6.08 Å². The number of carbonyl (C=O) groups is 1. The van der Waals surface area contributed by atoms with Gasteiger partial charge in [-0.2, -0.15) is 5.26 Å². The molecule has 0 aromatic heterocycles. The highest BCUT2D eigenvalue weighted by Crippen LogP contribution is 2.37. The molecule has 2 rings (SSSR count). The van der Waals surface area contributed by atoms with E-state index < -0.39 is 5.91 Å². The minimum Gasteiger partial charge on any atom is -0.493 e. The predicted molar refractivity (Wildman–Crippen MR) is 96.6 cm³/mol. The van der Waals surface area contributed by atoms with Crippen LogP contribution in [0.5, 0.6) is 11.5 Å². The van der Waals surface area contributed by atoms with Crippen molar-refractivity contribution in [1.29, 1.82) is 5.26 Å². The summed E-state index contributed by atoms with van der Waals surface area (Å²) in [5.74, 6) is -0.111. The number of hydrogen-bond acceptors (Lipinski definition) is 4. The van der Waals surface area contributed by atoms with Gasteiger partial charge >= 0.3 is 0 Å². The van der Waals surface area contributed by atoms with Gasteiger partial charge in [-0.3, -0.25) is 4.79 Å². The van der Waals surface area contributed by atoms with E-state index in [1.54, 1.807) is 30.3 Å². The summed E-state index contributed by atoms with van der Waals surface area (Å²) in [6, 6.07) is 12.1. The van der Waals surface area contributed by atoms with Crippen molar-refractivity contribution in [3.8, 4) is 17.6 Å². The number of rotatable bonds is 6. The predicted octanol–water partition coefficient (Wildman–Crippen LogP) is 3.97. The Labute approximate surface area is 155 Å². The number of carbonyl (C=O) groups excluding carboxylic acids is 1. The van der Waals surface area contributed by atoms with E-state index >= 15 is 0 Å². The number of hydrogen-bond donors (Lipinski definition) is 1. The molecule has 0 unspecified atom stereocenters. The van der Waals surface area contributed by atoms with Gasteiger partial charge in [-0.05, 0) is 41.5 Å². The third-order valence-corrected chi connectivity index (χ3v) is 3.74. The molecule has 0 saturated carbocycles. The van der Waals surface area contributed by atoms with Gasteiger partial charge in [0.05, 0.1) is 12.1 Å². The number of nitriles is 1. The van der Waals surface area contributed by atoms with Crippen LogP contribution in [0.15, 0.2) is 42.0 Å². The van der Waals surface area contributed by atoms with E-state index in [0.717, 1.165) is 5.56 Å². The minimum absolute atomic E-state index is 0.189. The fourth-order valence-electron chi connectivity index (χ4n) is 2.07. The Kier molecular flexibility index (Phi) is 6.29. The molecule has 25 heavy (non-hydrogen) atoms. The summed E-state index contributed by atoms with van der Waals surface area (Å²) in [6.07, 6.45) is 1.33. The van der Waals surface area contributed by atoms with Gasteiger partial charge in [-0.25, -0.2) is 0 Å². The fourth-order valence-corrected chi connectivity index (χ4v) is 2.56. The maximum atomic E-state index is 11.2. The zero-order valence-corrected chi connectivity index (χ0v) is 14.8. The van der Waals surface area contributed by atoms with Crippen molar-refractivity contribution in [3.63, 3.8) is 0 Å². The lowest BCUT2D eigenvalue weighted by Gasteiger charge is -2.13. The SMILES string of the molecule is COc1cc(/C=C(\C#N)C(N)=O)cc(Cl)c1OCc1cccc(Cl)c1. The van der Waals surface area contributed by atoms with Crippen molar-refractivity contribution >= 4 is 35.2 Å². The molecule has 2 aromatic rings. The Balaban J connectivity index is 2.31. The molecule has 2 N–H and O–H groups in total. The molecule has 0 saturated heterocycles. The van der Waals surface area contributed by atoms with Gasteiger partial charge in [-0.1, -0.05) is 35.3 Å². The standard InChI is InChI=1S/C18H14Cl2N2O3/c1-24-16-8-12(5-13(9-21)18(22)23)7-15(20)17(16)25-10-11-3-2-4-14(19)6-11/h2-8H,10H2,1H3,(H2,22,23)/b13-5+. The van der Waals surface area contributed by atoms with E-state index in [-0.39, 0.29) is 17.2 Å². The lowest BCUT2D eigenvalue weighted by Crippen LogP contribution is -2.12. The van der Waals surface area contributed by atoms with Crippen LogP contribution in [-0.2, 0) is 11.4 Å². The average molecular weight is 377 g/mol. The molecule has 0 bridgehead atoms. The highest BCUT2D eigenvalue weighted by Gasteiger charge is 2.13. The largest absolute Gasteiger partial charge is 0.493 e. The zero-order valence-electron chi connectivity index (χ0n) is 13.3. The highest BCUT2D eigenvalue weighted by atomic mass is 35.5. The highest BCUT2D eigenvalue weighted by molar-refractivity contribution is 6.32. The summed E-state index contributed by atoms with van der Waals surface area (Å²) < 4.78 is 11.0. The summed E-state index contributed by atoms with van der Waals surface area (Å²) in [5, 5.41) is 9.80. The van der Waals surface area contributed by atoms with Crippen LogP contribution in [0.3, 0.4) is 0 Å². The van der Waals surface area contributed by atoms with Crippen molar-refractivity contribution in [2.45, 2.75) is 6.61 Å². The van der Waals surface area contributed by atoms with Gasteiger partial charge < -0.3 is 15.2 Å². The molecule has 0 atom stereocenters. The fraction of sp³-hybridized carbons (Fsp3) is 0.111. The summed E-state index contributed by atoms with van der Waals surface area (Å²) >= 11 is 12.2. The smallest absolute Gasteiger partial charge is 0.259 e. The van der Waals surface area contributed by atoms with Gasteiger partial charge in [0.2, 0.25) is 0 Å². The Morgan fingerprint density at radius 2 is 2.08 bits per heavy atom. The molecule has 0 radical (unpaired) electrons. The van der Waals surface area contributed by atoms with Gasteiger partial charge in [0.15, 0.2) is 11.5 Å². The quantitative estimate of drug-likeness (QED) is 0.610. The third kappa shape index (κ3) is 4.90. The molecular weight excluding hydrogens is 363 g/mol. The molecule has 1 amide bonds. The van der Waals surface area contributed by atoms with Crippen LogP contribution < -0.4 is 15.2 Å². The first-order valence-electron chi connectivity index (χ1n) is 7.11. The van der Waals surface area contributed by atoms with E-state index in [1.165, 1.54) is 13.2 Å². The summed E-state index contributed by atoms with van der Waals surface area (Å²) in [7, 11) is 1.46. The molecule has 0 heterocycles. The summed E-state index contributed by atoms with van der Waals surface area (Å²) in [5.41, 5.74) is 6.30. The monoisotopic (exact) mass is 376 g/mol. The maximum Gasteiger partial charge on any atom is 0.259 e. The van der Waals surface area contributed by atoms with Crippen LogP contribution >= 0.6 is 23.2 Å². The third-order valence-electron chi connectivity index (χ3n) is 3.22. The van der Waals surface area contributed by atoms with Crippen molar-refractivity contribution in [2.24, 2.45) is 5.73 Å². The molecule has 0 aliphatic heterocycles. The Morgan fingerprint density at radius 1 is 1.32 bits per heavy atom. The van der Waals surface area contributed by atoms with E-state index in [9.17, 15) is 4.79 Å². The zero-order chi connectivity index (χ0) is 18.4. The molecule has 0 aliphatic rings. The molecule has 0 spiro atoms. The Morgan fingerprint density at radius 3 is 2.68 bits per heavy atom. The van der Waals surface area contributed by atoms with Crippen molar-refractivity contribution < 1.29 is 14.3 Å². The number of methoxy groups -OCH3 is 1. The Bertz CT molecular complexity index is 873. The number of primary amides is 1. The maximum absolute atomic E-state index is 11.2. The van der Waals surface area contributed by atoms with Crippen LogP contribution in [0, 0.1) is 11.3 Å². The second-order valence-corrected chi connectivity index (χ2v) is 5.83. The van der Waals surface area contributed by atoms with Crippen LogP contribution in [-0.4, -0.2) is 13.0 Å². The van der Waals surface area contributed by atoms with Crippen LogP contribution in [0.2, 0.25) is 10.0 Å². The molecule has 0 aliphatic carbocycles. The number of ether oxygens (including phenoxy) is 2. The molecule has 5 nitrogen and oxygen atoms in total. The number of nitrogens with two attached hydrogens (primary N) is 1. The molecule has 0 fully saturated rings. The van der Waals surface area contributed by atoms with Crippen molar-refractivity contribution in [2.75, 3.05) is 7.11 Å². The first kappa shape index (κ1) is 18.7. The van der Waals surface area contributed by atoms with Gasteiger partial charge in [-0.15, -0.1) is 0 Å². The first-order valence-corrected chi connectivity index (χ1v) is 7.86. The second-order valence-electron chi connectivity index (χ2n) is 4.99. The first-order chi connectivity index (χ1) is 11.9. The van der Waals surface area contributed by atoms with E-state index in [2.05, 4.69) is 0 Å². The number of halogens is 2. The van der Waals surface area contributed by atoms with Crippen molar-refractivity contribution in [1.82, 2.24) is 0 Å². The topological polar surface area (TPSA) is 85.3 Å². The number of benzene rings is 2. The van der Waals surface area contributed by atoms with Gasteiger partial charge in [0, 0.05) is 5.02 Å². The normalized spacial score (nSPS) is 10.9. The van der Waals surface area contributed by atoms with Crippen molar-refractivity contribution in [3.05, 3.63) is 63.1 Å². The summed E-state index contributed by atoms with van der Waals surface area (Å²) in [6.45, 7) is 0.247. The molecule has 2 aromatic carbocycles. The van der Waals surface area contributed by atoms with E-state index in [4.69, 9.17) is 43.7 Å². The summed E-state index contributed by atoms with van der Waals surface area (Å²) in [4.78, 5) is 11.2. The lowest BCUT2D eigenvalue weighted by molar-refractivity contribution is -0.114. The lowest BCUT2D eigenvalue weighted by atomic mass is 10.1. The van der Waals surface area contributed by atoms with Gasteiger partial charge in [0.25, 0.3) is 5.91 Å². The average Bonchev–Trinajstić information content (AvgIpc) is 2.58. The minimum atomic E-state index is -0.820.